The second-order valence-electron chi connectivity index (χ2n) is 4.21. The summed E-state index contributed by atoms with van der Waals surface area (Å²) in [6.07, 6.45) is 0.896. The maximum atomic E-state index is 12.1. The number of rotatable bonds is 3. The smallest absolute Gasteiger partial charge is 0.327 e. The molecule has 7 nitrogen and oxygen atoms in total. The van der Waals surface area contributed by atoms with Crippen LogP contribution in [-0.4, -0.2) is 42.2 Å². The summed E-state index contributed by atoms with van der Waals surface area (Å²) < 4.78 is 29.4. The van der Waals surface area contributed by atoms with Crippen LogP contribution in [0.4, 0.5) is 0 Å². The van der Waals surface area contributed by atoms with E-state index in [0.29, 0.717) is 4.31 Å². The molecule has 102 valence electrons. The third kappa shape index (κ3) is 2.30. The Bertz CT molecular complexity index is 638. The zero-order chi connectivity index (χ0) is 14.2. The van der Waals surface area contributed by atoms with Crippen molar-refractivity contribution in [3.8, 4) is 0 Å². The highest BCUT2D eigenvalue weighted by atomic mass is 32.2. The zero-order valence-electron chi connectivity index (χ0n) is 10.4. The molecular weight excluding hydrogens is 272 g/mol. The van der Waals surface area contributed by atoms with Gasteiger partial charge in [0.1, 0.15) is 6.54 Å². The van der Waals surface area contributed by atoms with Gasteiger partial charge in [0, 0.05) is 6.20 Å². The molecule has 0 saturated carbocycles. The van der Waals surface area contributed by atoms with Gasteiger partial charge in [-0.3, -0.25) is 9.59 Å². The number of carbonyl (C=O) groups is 2. The quantitative estimate of drug-likeness (QED) is 0.735. The van der Waals surface area contributed by atoms with E-state index in [4.69, 9.17) is 4.74 Å². The lowest BCUT2D eigenvalue weighted by atomic mass is 10.3. The van der Waals surface area contributed by atoms with Gasteiger partial charge in [0.05, 0.1) is 11.7 Å². The molecule has 1 aromatic heterocycles. The first-order valence-electron chi connectivity index (χ1n) is 5.55. The highest BCUT2D eigenvalue weighted by molar-refractivity contribution is 7.90. The fourth-order valence-corrected chi connectivity index (χ4v) is 3.11. The Kier molecular flexibility index (Phi) is 3.27. The van der Waals surface area contributed by atoms with Gasteiger partial charge in [-0.05, 0) is 26.0 Å². The number of aromatic nitrogens is 1. The van der Waals surface area contributed by atoms with Gasteiger partial charge in [0.15, 0.2) is 5.03 Å². The van der Waals surface area contributed by atoms with Crippen LogP contribution in [0.5, 0.6) is 0 Å². The number of sulfonamides is 1. The number of esters is 1. The fourth-order valence-electron chi connectivity index (χ4n) is 1.68. The minimum Gasteiger partial charge on any atom is -0.462 e. The van der Waals surface area contributed by atoms with Crippen LogP contribution in [0.15, 0.2) is 23.4 Å². The first kappa shape index (κ1) is 13.5. The van der Waals surface area contributed by atoms with Gasteiger partial charge in [-0.2, -0.15) is 8.42 Å². The summed E-state index contributed by atoms with van der Waals surface area (Å²) in [6, 6.07) is 2.82. The molecule has 0 bridgehead atoms. The number of hydrogen-bond acceptors (Lipinski definition) is 6. The second-order valence-corrected chi connectivity index (χ2v) is 5.99. The summed E-state index contributed by atoms with van der Waals surface area (Å²) in [7, 11) is -4.05. The molecule has 1 amide bonds. The van der Waals surface area contributed by atoms with Crippen LogP contribution < -0.4 is 0 Å². The third-order valence-electron chi connectivity index (χ3n) is 2.40. The van der Waals surface area contributed by atoms with Crippen LogP contribution in [0.1, 0.15) is 24.2 Å². The Balaban J connectivity index is 2.31. The number of hydrogen-bond donors (Lipinski definition) is 0. The molecule has 8 heteroatoms. The molecule has 0 unspecified atom stereocenters. The van der Waals surface area contributed by atoms with Gasteiger partial charge in [-0.15, -0.1) is 0 Å². The predicted molar refractivity (Wildman–Crippen MR) is 63.7 cm³/mol. The molecule has 0 atom stereocenters. The normalized spacial score (nSPS) is 16.6. The molecule has 0 fully saturated rings. The summed E-state index contributed by atoms with van der Waals surface area (Å²) >= 11 is 0. The number of ether oxygens (including phenoxy) is 1. The monoisotopic (exact) mass is 284 g/mol. The van der Waals surface area contributed by atoms with Gasteiger partial charge < -0.3 is 4.74 Å². The Morgan fingerprint density at radius 1 is 1.47 bits per heavy atom. The van der Waals surface area contributed by atoms with Crippen molar-refractivity contribution in [1.82, 2.24) is 9.29 Å². The lowest BCUT2D eigenvalue weighted by molar-refractivity contribution is -0.147. The maximum absolute atomic E-state index is 12.1. The third-order valence-corrected chi connectivity index (χ3v) is 4.09. The Morgan fingerprint density at radius 2 is 2.16 bits per heavy atom. The highest BCUT2D eigenvalue weighted by Crippen LogP contribution is 2.27. The van der Waals surface area contributed by atoms with Gasteiger partial charge in [-0.1, -0.05) is 0 Å². The average molecular weight is 284 g/mol. The molecule has 0 saturated heterocycles. The largest absolute Gasteiger partial charge is 0.462 e. The van der Waals surface area contributed by atoms with E-state index in [-0.39, 0.29) is 16.7 Å². The van der Waals surface area contributed by atoms with E-state index in [1.807, 2.05) is 0 Å². The molecule has 0 aromatic carbocycles. The van der Waals surface area contributed by atoms with E-state index < -0.39 is 28.4 Å². The van der Waals surface area contributed by atoms with Crippen LogP contribution in [-0.2, 0) is 19.6 Å². The molecule has 1 aliphatic rings. The molecule has 0 aliphatic carbocycles. The Labute approximate surface area is 110 Å². The number of pyridine rings is 1. The summed E-state index contributed by atoms with van der Waals surface area (Å²) in [5.74, 6) is -1.54. The van der Waals surface area contributed by atoms with Crippen molar-refractivity contribution in [3.63, 3.8) is 0 Å². The van der Waals surface area contributed by atoms with Crippen molar-refractivity contribution in [2.45, 2.75) is 25.0 Å². The second kappa shape index (κ2) is 4.61. The minimum absolute atomic E-state index is 0.0279. The first-order chi connectivity index (χ1) is 8.84. The van der Waals surface area contributed by atoms with Crippen molar-refractivity contribution in [2.75, 3.05) is 6.54 Å². The zero-order valence-corrected chi connectivity index (χ0v) is 11.2. The molecule has 2 rings (SSSR count). The van der Waals surface area contributed by atoms with E-state index >= 15 is 0 Å². The summed E-state index contributed by atoms with van der Waals surface area (Å²) in [5.41, 5.74) is -0.0279. The maximum Gasteiger partial charge on any atom is 0.327 e. The lowest BCUT2D eigenvalue weighted by Gasteiger charge is -2.15. The fraction of sp³-hybridized carbons (Fsp3) is 0.364. The molecule has 0 spiro atoms. The van der Waals surface area contributed by atoms with E-state index in [9.17, 15) is 18.0 Å². The van der Waals surface area contributed by atoms with Crippen LogP contribution in [0.2, 0.25) is 0 Å². The molecular formula is C11H12N2O5S. The number of fused-ring (bicyclic) bond motifs is 1. The van der Waals surface area contributed by atoms with Crippen molar-refractivity contribution >= 4 is 21.9 Å². The van der Waals surface area contributed by atoms with Crippen LogP contribution in [0.25, 0.3) is 0 Å². The van der Waals surface area contributed by atoms with E-state index in [2.05, 4.69) is 4.98 Å². The van der Waals surface area contributed by atoms with Crippen LogP contribution in [0.3, 0.4) is 0 Å². The van der Waals surface area contributed by atoms with E-state index in [0.717, 1.165) is 0 Å². The molecule has 0 N–H and O–H groups in total. The summed E-state index contributed by atoms with van der Waals surface area (Å²) in [5, 5.41) is -0.322. The van der Waals surface area contributed by atoms with Crippen molar-refractivity contribution in [3.05, 3.63) is 23.9 Å². The lowest BCUT2D eigenvalue weighted by Crippen LogP contribution is -2.36. The Morgan fingerprint density at radius 3 is 2.74 bits per heavy atom. The highest BCUT2D eigenvalue weighted by Gasteiger charge is 2.43. The molecule has 1 aromatic rings. The Hall–Kier alpha value is -1.96. The van der Waals surface area contributed by atoms with E-state index in [1.54, 1.807) is 13.8 Å². The molecule has 1 aliphatic heterocycles. The summed E-state index contributed by atoms with van der Waals surface area (Å²) in [4.78, 5) is 27.1. The molecule has 2 heterocycles. The molecule has 19 heavy (non-hydrogen) atoms. The van der Waals surface area contributed by atoms with Gasteiger partial charge in [0.2, 0.25) is 0 Å². The van der Waals surface area contributed by atoms with Gasteiger partial charge in [0.25, 0.3) is 15.9 Å². The standard InChI is InChI=1S/C11H12N2O5S/c1-7(2)18-9(14)6-13-11(15)8-4-3-5-12-10(8)19(13,16)17/h3-5,7H,6H2,1-2H3. The van der Waals surface area contributed by atoms with Crippen molar-refractivity contribution < 1.29 is 22.7 Å². The van der Waals surface area contributed by atoms with Crippen molar-refractivity contribution in [2.24, 2.45) is 0 Å². The van der Waals surface area contributed by atoms with Gasteiger partial charge in [-0.25, -0.2) is 9.29 Å². The van der Waals surface area contributed by atoms with Crippen molar-refractivity contribution in [1.29, 1.82) is 0 Å². The predicted octanol–water partition coefficient (Wildman–Crippen LogP) is 0.178. The van der Waals surface area contributed by atoms with E-state index in [1.165, 1.54) is 18.3 Å². The number of amides is 1. The minimum atomic E-state index is -4.05. The van der Waals surface area contributed by atoms with Crippen LogP contribution in [0, 0.1) is 0 Å². The number of carbonyl (C=O) groups excluding carboxylic acids is 2. The summed E-state index contributed by atoms with van der Waals surface area (Å²) in [6.45, 7) is 2.62. The topological polar surface area (TPSA) is 93.6 Å². The molecule has 0 radical (unpaired) electrons. The average Bonchev–Trinajstić information content (AvgIpc) is 2.51. The first-order valence-corrected chi connectivity index (χ1v) is 6.99. The SMILES string of the molecule is CC(C)OC(=O)CN1C(=O)c2cccnc2S1(=O)=O. The number of nitrogens with zero attached hydrogens (tertiary/aromatic N) is 2. The van der Waals surface area contributed by atoms with Gasteiger partial charge >= 0.3 is 5.97 Å². The van der Waals surface area contributed by atoms with Crippen LogP contribution >= 0.6 is 0 Å².